The number of nitrogens with zero attached hydrogens (tertiary/aromatic N) is 3. The first-order valence-corrected chi connectivity index (χ1v) is 9.93. The lowest BCUT2D eigenvalue weighted by Crippen LogP contribution is -2.35. The lowest BCUT2D eigenvalue weighted by atomic mass is 10.0. The normalized spacial score (nSPS) is 20.8. The molecular weight excluding hydrogens is 375 g/mol. The van der Waals surface area contributed by atoms with Gasteiger partial charge in [0.1, 0.15) is 5.75 Å². The van der Waals surface area contributed by atoms with Crippen LogP contribution >= 0.6 is 0 Å². The molecule has 2 aliphatic heterocycles. The lowest BCUT2D eigenvalue weighted by molar-refractivity contribution is -0.129. The molecule has 1 N–H and O–H groups in total. The summed E-state index contributed by atoms with van der Waals surface area (Å²) in [6, 6.07) is 7.57. The first kappa shape index (κ1) is 19.4. The molecule has 7 nitrogen and oxygen atoms in total. The van der Waals surface area contributed by atoms with Crippen molar-refractivity contribution in [1.82, 2.24) is 14.9 Å². The summed E-state index contributed by atoms with van der Waals surface area (Å²) in [5, 5.41) is 0. The average molecular weight is 400 g/mol. The van der Waals surface area contributed by atoms with Gasteiger partial charge >= 0.3 is 0 Å². The van der Waals surface area contributed by atoms with E-state index in [2.05, 4.69) is 9.97 Å². The molecule has 0 saturated carbocycles. The Morgan fingerprint density at radius 3 is 2.59 bits per heavy atom. The van der Waals surface area contributed by atoms with E-state index >= 15 is 0 Å². The van der Waals surface area contributed by atoms with Crippen molar-refractivity contribution in [3.05, 3.63) is 51.7 Å². The minimum Gasteiger partial charge on any atom is -0.496 e. The minimum atomic E-state index is -0.802. The summed E-state index contributed by atoms with van der Waals surface area (Å²) in [6.07, 6.45) is 0.689. The van der Waals surface area contributed by atoms with Gasteiger partial charge in [-0.1, -0.05) is 25.1 Å². The van der Waals surface area contributed by atoms with Crippen LogP contribution in [0.5, 0.6) is 5.75 Å². The summed E-state index contributed by atoms with van der Waals surface area (Å²) in [4.78, 5) is 35.4. The first-order chi connectivity index (χ1) is 14.0. The number of H-pyrrole nitrogens is 1. The van der Waals surface area contributed by atoms with E-state index < -0.39 is 11.4 Å². The van der Waals surface area contributed by atoms with Crippen molar-refractivity contribution in [3.63, 3.8) is 0 Å². The molecule has 8 heteroatoms. The molecule has 1 aromatic heterocycles. The predicted molar refractivity (Wildman–Crippen MR) is 107 cm³/mol. The van der Waals surface area contributed by atoms with Crippen LogP contribution in [0.2, 0.25) is 0 Å². The van der Waals surface area contributed by atoms with Crippen LogP contribution in [0.4, 0.5) is 10.3 Å². The largest absolute Gasteiger partial charge is 0.496 e. The summed E-state index contributed by atoms with van der Waals surface area (Å²) < 4.78 is 19.1. The highest BCUT2D eigenvalue weighted by atomic mass is 19.1. The Hall–Kier alpha value is -2.90. The summed E-state index contributed by atoms with van der Waals surface area (Å²) in [7, 11) is 1.61. The van der Waals surface area contributed by atoms with Gasteiger partial charge in [-0.05, 0) is 12.5 Å². The predicted octanol–water partition coefficient (Wildman–Crippen LogP) is 1.62. The summed E-state index contributed by atoms with van der Waals surface area (Å²) >= 11 is 0. The van der Waals surface area contributed by atoms with Crippen molar-refractivity contribution in [2.24, 2.45) is 11.8 Å². The fourth-order valence-electron chi connectivity index (χ4n) is 4.37. The van der Waals surface area contributed by atoms with Crippen molar-refractivity contribution in [3.8, 4) is 5.75 Å². The number of likely N-dealkylation sites (tertiary alicyclic amines) is 1. The number of carbonyl (C=O) groups excluding carboxylic acids is 1. The lowest BCUT2D eigenvalue weighted by Gasteiger charge is -2.22. The number of halogens is 1. The average Bonchev–Trinajstić information content (AvgIpc) is 3.30. The van der Waals surface area contributed by atoms with Gasteiger partial charge in [-0.2, -0.15) is 4.39 Å². The number of amides is 1. The third kappa shape index (κ3) is 3.71. The second-order valence-electron chi connectivity index (χ2n) is 7.72. The number of aromatic amines is 1. The molecule has 154 valence electrons. The van der Waals surface area contributed by atoms with E-state index in [9.17, 15) is 14.0 Å². The maximum atomic E-state index is 13.8. The number of rotatable bonds is 5. The van der Waals surface area contributed by atoms with Gasteiger partial charge in [0.15, 0.2) is 0 Å². The molecule has 2 atom stereocenters. The molecule has 0 radical (unpaired) electrons. The number of nitrogens with one attached hydrogen (secondary N) is 1. The van der Waals surface area contributed by atoms with E-state index in [0.717, 1.165) is 11.3 Å². The molecule has 2 fully saturated rings. The van der Waals surface area contributed by atoms with Crippen LogP contribution in [-0.4, -0.2) is 54.1 Å². The zero-order valence-corrected chi connectivity index (χ0v) is 16.7. The fraction of sp³-hybridized carbons (Fsp3) is 0.476. The Kier molecular flexibility index (Phi) is 5.25. The van der Waals surface area contributed by atoms with Gasteiger partial charge < -0.3 is 14.5 Å². The van der Waals surface area contributed by atoms with Gasteiger partial charge in [-0.15, -0.1) is 0 Å². The maximum absolute atomic E-state index is 13.8. The molecule has 1 amide bonds. The van der Waals surface area contributed by atoms with E-state index in [-0.39, 0.29) is 11.6 Å². The van der Waals surface area contributed by atoms with Crippen LogP contribution in [0.3, 0.4) is 0 Å². The third-order valence-corrected chi connectivity index (χ3v) is 5.93. The smallest absolute Gasteiger partial charge is 0.288 e. The molecule has 0 aliphatic carbocycles. The summed E-state index contributed by atoms with van der Waals surface area (Å²) in [6.45, 7) is 4.53. The van der Waals surface area contributed by atoms with Crippen LogP contribution in [0.1, 0.15) is 18.2 Å². The van der Waals surface area contributed by atoms with Gasteiger partial charge in [0.25, 0.3) is 5.56 Å². The zero-order valence-electron chi connectivity index (χ0n) is 16.7. The number of anilines is 1. The van der Waals surface area contributed by atoms with E-state index in [4.69, 9.17) is 4.74 Å². The van der Waals surface area contributed by atoms with E-state index in [1.165, 1.54) is 0 Å². The van der Waals surface area contributed by atoms with Crippen molar-refractivity contribution < 1.29 is 13.9 Å². The molecule has 2 saturated heterocycles. The van der Waals surface area contributed by atoms with Crippen LogP contribution in [0, 0.1) is 17.7 Å². The number of carbonyl (C=O) groups is 1. The maximum Gasteiger partial charge on any atom is 0.288 e. The van der Waals surface area contributed by atoms with Crippen LogP contribution in [0.25, 0.3) is 0 Å². The zero-order chi connectivity index (χ0) is 20.5. The van der Waals surface area contributed by atoms with Gasteiger partial charge in [-0.25, -0.2) is 4.98 Å². The Labute approximate surface area is 168 Å². The van der Waals surface area contributed by atoms with Crippen LogP contribution < -0.4 is 15.2 Å². The van der Waals surface area contributed by atoms with Crippen LogP contribution in [-0.2, 0) is 17.6 Å². The molecule has 0 bridgehead atoms. The van der Waals surface area contributed by atoms with Crippen LogP contribution in [0.15, 0.2) is 29.1 Å². The number of hydrogen-bond acceptors (Lipinski definition) is 5. The molecule has 2 aliphatic rings. The standard InChI is InChI=1S/C21H25FN4O3/c1-3-16-19(22)20(28)24-21(23-16)26-11-14-9-25(10-15(14)12-26)18(27)8-13-6-4-5-7-17(13)29-2/h4-7,14-15H,3,8-12H2,1-2H3,(H,23,24,28). The molecule has 2 aromatic rings. The Bertz CT molecular complexity index is 963. The highest BCUT2D eigenvalue weighted by Crippen LogP contribution is 2.33. The monoisotopic (exact) mass is 400 g/mol. The number of hydrogen-bond donors (Lipinski definition) is 1. The molecule has 29 heavy (non-hydrogen) atoms. The molecule has 1 aromatic carbocycles. The van der Waals surface area contributed by atoms with E-state index in [1.54, 1.807) is 14.0 Å². The van der Waals surface area contributed by atoms with Crippen molar-refractivity contribution in [1.29, 1.82) is 0 Å². The topological polar surface area (TPSA) is 78.5 Å². The number of aryl methyl sites for hydroxylation is 1. The molecular formula is C21H25FN4O3. The number of para-hydroxylation sites is 1. The summed E-state index contributed by atoms with van der Waals surface area (Å²) in [5.74, 6) is 1.08. The number of ether oxygens (including phenoxy) is 1. The molecule has 2 unspecified atom stereocenters. The number of aromatic nitrogens is 2. The minimum absolute atomic E-state index is 0.0945. The first-order valence-electron chi connectivity index (χ1n) is 9.93. The summed E-state index contributed by atoms with van der Waals surface area (Å²) in [5.41, 5.74) is 0.353. The fourth-order valence-corrected chi connectivity index (χ4v) is 4.37. The van der Waals surface area contributed by atoms with E-state index in [1.807, 2.05) is 34.1 Å². The van der Waals surface area contributed by atoms with Crippen molar-refractivity contribution in [2.75, 3.05) is 38.2 Å². The van der Waals surface area contributed by atoms with Crippen molar-refractivity contribution in [2.45, 2.75) is 19.8 Å². The highest BCUT2D eigenvalue weighted by Gasteiger charge is 2.42. The third-order valence-electron chi connectivity index (χ3n) is 5.93. The number of fused-ring (bicyclic) bond motifs is 1. The van der Waals surface area contributed by atoms with Gasteiger partial charge in [-0.3, -0.25) is 14.6 Å². The van der Waals surface area contributed by atoms with E-state index in [0.29, 0.717) is 56.8 Å². The number of benzene rings is 1. The highest BCUT2D eigenvalue weighted by molar-refractivity contribution is 5.80. The number of methoxy groups -OCH3 is 1. The van der Waals surface area contributed by atoms with Gasteiger partial charge in [0.2, 0.25) is 17.7 Å². The Morgan fingerprint density at radius 2 is 1.93 bits per heavy atom. The Morgan fingerprint density at radius 1 is 1.24 bits per heavy atom. The Balaban J connectivity index is 1.41. The second kappa shape index (κ2) is 7.85. The van der Waals surface area contributed by atoms with Gasteiger partial charge in [0, 0.05) is 43.6 Å². The quantitative estimate of drug-likeness (QED) is 0.825. The second-order valence-corrected chi connectivity index (χ2v) is 7.72. The molecule has 3 heterocycles. The molecule has 4 rings (SSSR count). The van der Waals surface area contributed by atoms with Crippen molar-refractivity contribution >= 4 is 11.9 Å². The SMILES string of the molecule is CCc1nc(N2CC3CN(C(=O)Cc4ccccc4OC)CC3C2)[nH]c(=O)c1F. The molecule has 0 spiro atoms. The van der Waals surface area contributed by atoms with Gasteiger partial charge in [0.05, 0.1) is 19.2 Å².